The first-order chi connectivity index (χ1) is 10.0. The van der Waals surface area contributed by atoms with Gasteiger partial charge in [0, 0.05) is 13.2 Å². The van der Waals surface area contributed by atoms with E-state index in [2.05, 4.69) is 20.7 Å². The molecule has 0 unspecified atom stereocenters. The average Bonchev–Trinajstić information content (AvgIpc) is 3.08. The number of aliphatic hydroxyl groups is 1. The van der Waals surface area contributed by atoms with Gasteiger partial charge in [0.15, 0.2) is 0 Å². The van der Waals surface area contributed by atoms with Crippen LogP contribution in [-0.4, -0.2) is 26.7 Å². The zero-order valence-corrected chi connectivity index (χ0v) is 15.2. The molecule has 0 amide bonds. The summed E-state index contributed by atoms with van der Waals surface area (Å²) in [7, 11) is -3.44. The summed E-state index contributed by atoms with van der Waals surface area (Å²) in [5.74, 6) is 0.180. The van der Waals surface area contributed by atoms with E-state index >= 15 is 0 Å². The molecule has 0 aliphatic carbocycles. The van der Waals surface area contributed by atoms with Crippen LogP contribution < -0.4 is 4.72 Å². The molecule has 0 aliphatic heterocycles. The quantitative estimate of drug-likeness (QED) is 0.701. The van der Waals surface area contributed by atoms with Crippen LogP contribution in [0, 0.1) is 0 Å². The van der Waals surface area contributed by atoms with Crippen LogP contribution in [0.5, 0.6) is 0 Å². The molecule has 1 atom stereocenters. The second-order valence-corrected chi connectivity index (χ2v) is 9.75. The van der Waals surface area contributed by atoms with E-state index in [-0.39, 0.29) is 12.5 Å². The first kappa shape index (κ1) is 17.1. The van der Waals surface area contributed by atoms with Crippen LogP contribution in [0.4, 0.5) is 0 Å². The first-order valence-corrected chi connectivity index (χ1v) is 10.4. The van der Waals surface area contributed by atoms with E-state index in [0.29, 0.717) is 23.6 Å². The highest BCUT2D eigenvalue weighted by Gasteiger charge is 2.18. The molecule has 2 aromatic heterocycles. The summed E-state index contributed by atoms with van der Waals surface area (Å²) < 4.78 is 27.9. The molecule has 2 aromatic rings. The lowest BCUT2D eigenvalue weighted by atomic mass is 9.95. The van der Waals surface area contributed by atoms with Crippen molar-refractivity contribution in [1.82, 2.24) is 4.72 Å². The summed E-state index contributed by atoms with van der Waals surface area (Å²) >= 11 is 6.06. The Bertz CT molecular complexity index is 652. The lowest BCUT2D eigenvalue weighted by Crippen LogP contribution is -2.25. The largest absolute Gasteiger partial charge is 0.396 e. The molecule has 0 bridgehead atoms. The third-order valence-corrected chi connectivity index (χ3v) is 7.37. The zero-order chi connectivity index (χ0) is 15.3. The summed E-state index contributed by atoms with van der Waals surface area (Å²) in [6.45, 7) is 0.462. The average molecular weight is 410 g/mol. The van der Waals surface area contributed by atoms with Crippen LogP contribution in [0.2, 0.25) is 0 Å². The molecule has 21 heavy (non-hydrogen) atoms. The minimum atomic E-state index is -3.44. The van der Waals surface area contributed by atoms with Gasteiger partial charge in [0.2, 0.25) is 10.0 Å². The van der Waals surface area contributed by atoms with Crippen LogP contribution >= 0.6 is 38.6 Å². The summed E-state index contributed by atoms with van der Waals surface area (Å²) in [6, 6.07) is 5.33. The number of aliphatic hydroxyl groups excluding tert-OH is 1. The monoisotopic (exact) mass is 409 g/mol. The van der Waals surface area contributed by atoms with Gasteiger partial charge in [-0.2, -0.15) is 11.3 Å². The summed E-state index contributed by atoms with van der Waals surface area (Å²) in [5.41, 5.74) is 1.16. The molecule has 8 heteroatoms. The minimum Gasteiger partial charge on any atom is -0.396 e. The number of thiophene rings is 2. The van der Waals surface area contributed by atoms with Gasteiger partial charge in [-0.15, -0.1) is 11.3 Å². The van der Waals surface area contributed by atoms with Crippen LogP contribution in [0.25, 0.3) is 0 Å². The molecule has 116 valence electrons. The van der Waals surface area contributed by atoms with Crippen LogP contribution in [0.15, 0.2) is 37.0 Å². The molecule has 0 saturated carbocycles. The normalized spacial score (nSPS) is 13.4. The summed E-state index contributed by atoms with van der Waals surface area (Å²) in [6.07, 6.45) is 1.31. The third kappa shape index (κ3) is 4.87. The zero-order valence-electron chi connectivity index (χ0n) is 11.2. The lowest BCUT2D eigenvalue weighted by molar-refractivity contribution is 0.273. The van der Waals surface area contributed by atoms with Gasteiger partial charge in [0.1, 0.15) is 4.21 Å². The van der Waals surface area contributed by atoms with Crippen LogP contribution in [-0.2, 0) is 10.0 Å². The molecule has 2 heterocycles. The van der Waals surface area contributed by atoms with Crippen molar-refractivity contribution in [3.63, 3.8) is 0 Å². The van der Waals surface area contributed by atoms with Crippen LogP contribution in [0.3, 0.4) is 0 Å². The van der Waals surface area contributed by atoms with Gasteiger partial charge in [-0.3, -0.25) is 0 Å². The maximum Gasteiger partial charge on any atom is 0.250 e. The topological polar surface area (TPSA) is 66.4 Å². The van der Waals surface area contributed by atoms with E-state index in [0.717, 1.165) is 9.35 Å². The number of hydrogen-bond donors (Lipinski definition) is 2. The third-order valence-electron chi connectivity index (χ3n) is 3.09. The van der Waals surface area contributed by atoms with Crippen molar-refractivity contribution in [1.29, 1.82) is 0 Å². The van der Waals surface area contributed by atoms with E-state index in [1.807, 2.05) is 16.8 Å². The highest BCUT2D eigenvalue weighted by atomic mass is 79.9. The van der Waals surface area contributed by atoms with E-state index < -0.39 is 10.0 Å². The Balaban J connectivity index is 1.93. The molecular weight excluding hydrogens is 394 g/mol. The molecule has 2 N–H and O–H groups in total. The van der Waals surface area contributed by atoms with E-state index in [4.69, 9.17) is 5.11 Å². The van der Waals surface area contributed by atoms with Gasteiger partial charge in [-0.25, -0.2) is 13.1 Å². The predicted octanol–water partition coefficient (Wildman–Crippen LogP) is 3.41. The fourth-order valence-electron chi connectivity index (χ4n) is 2.02. The Morgan fingerprint density at radius 2 is 2.10 bits per heavy atom. The smallest absolute Gasteiger partial charge is 0.250 e. The van der Waals surface area contributed by atoms with Crippen molar-refractivity contribution in [2.24, 2.45) is 0 Å². The molecular formula is C13H16BrNO3S3. The molecule has 2 rings (SSSR count). The van der Waals surface area contributed by atoms with E-state index in [1.165, 1.54) is 11.3 Å². The Hall–Kier alpha value is -0.250. The molecule has 0 spiro atoms. The van der Waals surface area contributed by atoms with Crippen molar-refractivity contribution in [2.75, 3.05) is 13.2 Å². The fourth-order valence-corrected chi connectivity index (χ4v) is 5.87. The Morgan fingerprint density at radius 1 is 1.29 bits per heavy atom. The maximum atomic E-state index is 12.1. The molecule has 0 saturated heterocycles. The number of hydrogen-bond acceptors (Lipinski definition) is 5. The maximum absolute atomic E-state index is 12.1. The second kappa shape index (κ2) is 7.85. The Labute approximate surface area is 141 Å². The van der Waals surface area contributed by atoms with Gasteiger partial charge in [0.25, 0.3) is 0 Å². The van der Waals surface area contributed by atoms with Crippen molar-refractivity contribution >= 4 is 48.6 Å². The highest BCUT2D eigenvalue weighted by Crippen LogP contribution is 2.27. The van der Waals surface area contributed by atoms with Crippen molar-refractivity contribution in [3.05, 3.63) is 38.3 Å². The van der Waals surface area contributed by atoms with Crippen molar-refractivity contribution < 1.29 is 13.5 Å². The first-order valence-electron chi connectivity index (χ1n) is 6.41. The Morgan fingerprint density at radius 3 is 2.67 bits per heavy atom. The van der Waals surface area contributed by atoms with Gasteiger partial charge in [-0.1, -0.05) is 0 Å². The van der Waals surface area contributed by atoms with Gasteiger partial charge in [-0.05, 0) is 69.2 Å². The summed E-state index contributed by atoms with van der Waals surface area (Å²) in [4.78, 5) is 0. The number of halogens is 1. The number of rotatable bonds is 8. The van der Waals surface area contributed by atoms with Gasteiger partial charge >= 0.3 is 0 Å². The number of nitrogens with one attached hydrogen (secondary N) is 1. The van der Waals surface area contributed by atoms with Gasteiger partial charge < -0.3 is 5.11 Å². The minimum absolute atomic E-state index is 0.102. The predicted molar refractivity (Wildman–Crippen MR) is 90.6 cm³/mol. The molecule has 0 aliphatic rings. The van der Waals surface area contributed by atoms with Gasteiger partial charge in [0.05, 0.1) is 3.79 Å². The second-order valence-electron chi connectivity index (χ2n) is 4.51. The highest BCUT2D eigenvalue weighted by molar-refractivity contribution is 9.11. The lowest BCUT2D eigenvalue weighted by Gasteiger charge is -2.14. The van der Waals surface area contributed by atoms with Crippen molar-refractivity contribution in [2.45, 2.75) is 23.0 Å². The van der Waals surface area contributed by atoms with E-state index in [9.17, 15) is 8.42 Å². The molecule has 0 radical (unpaired) electrons. The SMILES string of the molecule is O=S(=O)(NCC[C@H](CCO)c1ccsc1)c1ccc(Br)s1. The fraction of sp³-hybridized carbons (Fsp3) is 0.385. The standard InChI is InChI=1S/C13H16BrNO3S3/c14-12-1-2-13(20-12)21(17,18)15-6-3-10(4-7-16)11-5-8-19-9-11/h1-2,5,8-10,15-16H,3-4,6-7H2/t10-/m1/s1. The molecule has 4 nitrogen and oxygen atoms in total. The molecule has 0 aromatic carbocycles. The summed E-state index contributed by atoms with van der Waals surface area (Å²) in [5, 5.41) is 13.2. The van der Waals surface area contributed by atoms with Crippen molar-refractivity contribution in [3.8, 4) is 0 Å². The molecule has 0 fully saturated rings. The number of sulfonamides is 1. The van der Waals surface area contributed by atoms with Crippen LogP contribution in [0.1, 0.15) is 24.3 Å². The Kier molecular flexibility index (Phi) is 6.39. The van der Waals surface area contributed by atoms with E-state index in [1.54, 1.807) is 23.5 Å².